The maximum absolute atomic E-state index is 13.3. The SMILES string of the molecule is CCOc1ccc(Cl)cc1C(F)(F)CO. The van der Waals surface area contributed by atoms with Gasteiger partial charge in [0.15, 0.2) is 0 Å². The van der Waals surface area contributed by atoms with Gasteiger partial charge in [0.1, 0.15) is 12.4 Å². The van der Waals surface area contributed by atoms with Crippen LogP contribution in [0.1, 0.15) is 12.5 Å². The molecule has 5 heteroatoms. The Hall–Kier alpha value is -0.870. The molecule has 0 aliphatic heterocycles. The van der Waals surface area contributed by atoms with Crippen LogP contribution in [-0.4, -0.2) is 18.3 Å². The van der Waals surface area contributed by atoms with Gasteiger partial charge in [0, 0.05) is 5.02 Å². The highest BCUT2D eigenvalue weighted by molar-refractivity contribution is 6.30. The molecule has 0 aliphatic rings. The number of ether oxygens (including phenoxy) is 1. The number of halogens is 3. The molecule has 1 aromatic carbocycles. The summed E-state index contributed by atoms with van der Waals surface area (Å²) in [6.45, 7) is 0.693. The van der Waals surface area contributed by atoms with Gasteiger partial charge in [-0.2, -0.15) is 8.78 Å². The quantitative estimate of drug-likeness (QED) is 0.871. The van der Waals surface area contributed by atoms with Crippen molar-refractivity contribution in [1.82, 2.24) is 0 Å². The number of aliphatic hydroxyl groups excluding tert-OH is 1. The molecule has 0 atom stereocenters. The van der Waals surface area contributed by atoms with Crippen molar-refractivity contribution in [3.8, 4) is 5.75 Å². The summed E-state index contributed by atoms with van der Waals surface area (Å²) in [4.78, 5) is 0. The van der Waals surface area contributed by atoms with Gasteiger partial charge in [0.2, 0.25) is 0 Å². The summed E-state index contributed by atoms with van der Waals surface area (Å²) in [5.41, 5.74) is -0.389. The molecule has 0 aromatic heterocycles. The number of rotatable bonds is 4. The van der Waals surface area contributed by atoms with Gasteiger partial charge < -0.3 is 9.84 Å². The van der Waals surface area contributed by atoms with Crippen LogP contribution in [0.3, 0.4) is 0 Å². The third-order valence-corrected chi connectivity index (χ3v) is 2.07. The molecule has 1 rings (SSSR count). The van der Waals surface area contributed by atoms with Crippen LogP contribution >= 0.6 is 11.6 Å². The van der Waals surface area contributed by atoms with Gasteiger partial charge >= 0.3 is 0 Å². The fourth-order valence-electron chi connectivity index (χ4n) is 1.15. The first-order valence-electron chi connectivity index (χ1n) is 4.42. The summed E-state index contributed by atoms with van der Waals surface area (Å²) in [5, 5.41) is 8.76. The van der Waals surface area contributed by atoms with Crippen LogP contribution in [0.25, 0.3) is 0 Å². The third-order valence-electron chi connectivity index (χ3n) is 1.83. The van der Waals surface area contributed by atoms with E-state index >= 15 is 0 Å². The molecule has 1 aromatic rings. The van der Waals surface area contributed by atoms with E-state index in [0.717, 1.165) is 6.07 Å². The first-order chi connectivity index (χ1) is 7.01. The number of alkyl halides is 2. The lowest BCUT2D eigenvalue weighted by molar-refractivity contribution is -0.0573. The molecule has 15 heavy (non-hydrogen) atoms. The van der Waals surface area contributed by atoms with E-state index in [1.807, 2.05) is 0 Å². The Labute approximate surface area is 91.4 Å². The molecule has 0 bridgehead atoms. The largest absolute Gasteiger partial charge is 0.493 e. The summed E-state index contributed by atoms with van der Waals surface area (Å²) in [6.07, 6.45) is 0. The zero-order valence-corrected chi connectivity index (χ0v) is 8.89. The second-order valence-corrected chi connectivity index (χ2v) is 3.37. The maximum Gasteiger partial charge on any atom is 0.299 e. The predicted octanol–water partition coefficient (Wildman–Crippen LogP) is 2.82. The van der Waals surface area contributed by atoms with Crippen LogP contribution < -0.4 is 4.74 Å². The molecule has 0 aliphatic carbocycles. The van der Waals surface area contributed by atoms with Gasteiger partial charge in [-0.3, -0.25) is 0 Å². The fraction of sp³-hybridized carbons (Fsp3) is 0.400. The zero-order valence-electron chi connectivity index (χ0n) is 8.14. The molecule has 0 fully saturated rings. The highest BCUT2D eigenvalue weighted by atomic mass is 35.5. The van der Waals surface area contributed by atoms with Crippen molar-refractivity contribution in [3.63, 3.8) is 0 Å². The van der Waals surface area contributed by atoms with Crippen LogP contribution in [0.5, 0.6) is 5.75 Å². The normalized spacial score (nSPS) is 11.5. The van der Waals surface area contributed by atoms with Gasteiger partial charge in [-0.1, -0.05) is 11.6 Å². The predicted molar refractivity (Wildman–Crippen MR) is 53.6 cm³/mol. The lowest BCUT2D eigenvalue weighted by Crippen LogP contribution is -2.19. The first kappa shape index (κ1) is 12.2. The van der Waals surface area contributed by atoms with E-state index in [9.17, 15) is 8.78 Å². The molecule has 0 heterocycles. The molecule has 84 valence electrons. The van der Waals surface area contributed by atoms with E-state index in [4.69, 9.17) is 21.4 Å². The third kappa shape index (κ3) is 2.79. The van der Waals surface area contributed by atoms with E-state index in [1.165, 1.54) is 12.1 Å². The van der Waals surface area contributed by atoms with Crippen LogP contribution in [0.15, 0.2) is 18.2 Å². The van der Waals surface area contributed by atoms with E-state index in [0.29, 0.717) is 0 Å². The lowest BCUT2D eigenvalue weighted by atomic mass is 10.1. The average molecular weight is 237 g/mol. The minimum absolute atomic E-state index is 0.0425. The average Bonchev–Trinajstić information content (AvgIpc) is 2.21. The van der Waals surface area contributed by atoms with Crippen LogP contribution in [0.2, 0.25) is 5.02 Å². The highest BCUT2D eigenvalue weighted by Gasteiger charge is 2.34. The summed E-state index contributed by atoms with van der Waals surface area (Å²) < 4.78 is 31.6. The Morgan fingerprint density at radius 1 is 1.47 bits per heavy atom. The van der Waals surface area contributed by atoms with Gasteiger partial charge in [-0.15, -0.1) is 0 Å². The Kier molecular flexibility index (Phi) is 3.88. The topological polar surface area (TPSA) is 29.5 Å². The second kappa shape index (κ2) is 4.77. The molecular formula is C10H11ClF2O2. The summed E-state index contributed by atoms with van der Waals surface area (Å²) >= 11 is 5.61. The van der Waals surface area contributed by atoms with Gasteiger partial charge in [0.25, 0.3) is 5.92 Å². The van der Waals surface area contributed by atoms with Crippen LogP contribution in [0, 0.1) is 0 Å². The van der Waals surface area contributed by atoms with E-state index < -0.39 is 12.5 Å². The molecule has 0 spiro atoms. The lowest BCUT2D eigenvalue weighted by Gasteiger charge is -2.17. The van der Waals surface area contributed by atoms with Crippen molar-refractivity contribution < 1.29 is 18.6 Å². The number of hydrogen-bond donors (Lipinski definition) is 1. The van der Waals surface area contributed by atoms with Crippen molar-refractivity contribution in [3.05, 3.63) is 28.8 Å². The first-order valence-corrected chi connectivity index (χ1v) is 4.80. The van der Waals surface area contributed by atoms with Crippen molar-refractivity contribution in [1.29, 1.82) is 0 Å². The fourth-order valence-corrected chi connectivity index (χ4v) is 1.33. The molecule has 2 nitrogen and oxygen atoms in total. The number of benzene rings is 1. The van der Waals surface area contributed by atoms with Gasteiger partial charge in [-0.25, -0.2) is 0 Å². The Morgan fingerprint density at radius 3 is 2.67 bits per heavy atom. The summed E-state index contributed by atoms with van der Waals surface area (Å²) in [7, 11) is 0. The van der Waals surface area contributed by atoms with Crippen LogP contribution in [0.4, 0.5) is 8.78 Å². The van der Waals surface area contributed by atoms with E-state index in [-0.39, 0.29) is 22.9 Å². The Balaban J connectivity index is 3.17. The van der Waals surface area contributed by atoms with E-state index in [2.05, 4.69) is 0 Å². The maximum atomic E-state index is 13.3. The Morgan fingerprint density at radius 2 is 2.13 bits per heavy atom. The van der Waals surface area contributed by atoms with Gasteiger partial charge in [0.05, 0.1) is 12.2 Å². The molecule has 1 N–H and O–H groups in total. The minimum atomic E-state index is -3.34. The standard InChI is InChI=1S/C10H11ClF2O2/c1-2-15-9-4-3-7(11)5-8(9)10(12,13)6-14/h3-5,14H,2,6H2,1H3. The van der Waals surface area contributed by atoms with Crippen molar-refractivity contribution in [2.45, 2.75) is 12.8 Å². The van der Waals surface area contributed by atoms with Crippen molar-refractivity contribution >= 4 is 11.6 Å². The molecule has 0 unspecified atom stereocenters. The molecule has 0 saturated heterocycles. The minimum Gasteiger partial charge on any atom is -0.493 e. The molecule has 0 amide bonds. The van der Waals surface area contributed by atoms with Crippen molar-refractivity contribution in [2.24, 2.45) is 0 Å². The summed E-state index contributed by atoms with van der Waals surface area (Å²) in [5.74, 6) is -3.30. The number of aliphatic hydroxyl groups is 1. The molecular weight excluding hydrogens is 226 g/mol. The van der Waals surface area contributed by atoms with Crippen molar-refractivity contribution in [2.75, 3.05) is 13.2 Å². The van der Waals surface area contributed by atoms with Crippen LogP contribution in [-0.2, 0) is 5.92 Å². The smallest absolute Gasteiger partial charge is 0.299 e. The number of hydrogen-bond acceptors (Lipinski definition) is 2. The monoisotopic (exact) mass is 236 g/mol. The van der Waals surface area contributed by atoms with Gasteiger partial charge in [-0.05, 0) is 25.1 Å². The molecule has 0 radical (unpaired) electrons. The Bertz CT molecular complexity index is 342. The highest BCUT2D eigenvalue weighted by Crippen LogP contribution is 2.36. The second-order valence-electron chi connectivity index (χ2n) is 2.94. The molecule has 0 saturated carbocycles. The van der Waals surface area contributed by atoms with E-state index in [1.54, 1.807) is 6.92 Å². The summed E-state index contributed by atoms with van der Waals surface area (Å²) in [6, 6.07) is 3.93. The zero-order chi connectivity index (χ0) is 11.5.